The fourth-order valence-corrected chi connectivity index (χ4v) is 3.01. The summed E-state index contributed by atoms with van der Waals surface area (Å²) in [7, 11) is -3.29. The number of nitriles is 1. The lowest BCUT2D eigenvalue weighted by Gasteiger charge is -2.02. The van der Waals surface area contributed by atoms with E-state index in [0.29, 0.717) is 12.8 Å². The molecule has 2 rings (SSSR count). The van der Waals surface area contributed by atoms with E-state index in [-0.39, 0.29) is 15.8 Å². The molecule has 1 aliphatic carbocycles. The van der Waals surface area contributed by atoms with Crippen molar-refractivity contribution in [2.45, 2.75) is 23.0 Å². The summed E-state index contributed by atoms with van der Waals surface area (Å²) in [4.78, 5) is 3.81. The first-order valence-electron chi connectivity index (χ1n) is 4.25. The van der Waals surface area contributed by atoms with E-state index in [1.165, 1.54) is 18.3 Å². The van der Waals surface area contributed by atoms with Crippen molar-refractivity contribution in [3.8, 4) is 6.07 Å². The maximum absolute atomic E-state index is 11.8. The zero-order valence-electron chi connectivity index (χ0n) is 7.34. The van der Waals surface area contributed by atoms with Crippen molar-refractivity contribution in [1.29, 1.82) is 5.26 Å². The van der Waals surface area contributed by atoms with E-state index in [1.807, 2.05) is 0 Å². The van der Waals surface area contributed by atoms with Crippen LogP contribution in [0.5, 0.6) is 0 Å². The Labute approximate surface area is 82.1 Å². The molecule has 0 aromatic carbocycles. The monoisotopic (exact) mass is 208 g/mol. The average Bonchev–Trinajstić information content (AvgIpc) is 3.01. The summed E-state index contributed by atoms with van der Waals surface area (Å²) >= 11 is 0. The van der Waals surface area contributed by atoms with Gasteiger partial charge in [0.25, 0.3) is 0 Å². The molecule has 1 fully saturated rings. The maximum Gasteiger partial charge on any atom is 0.184 e. The predicted molar refractivity (Wildman–Crippen MR) is 49.2 cm³/mol. The standard InChI is InChI=1S/C9H8N2O2S/c10-6-8-9(2-1-5-11-8)14(12,13)7-3-4-7/h1-2,5,7H,3-4H2. The molecule has 4 nitrogen and oxygen atoms in total. The Morgan fingerprint density at radius 2 is 2.21 bits per heavy atom. The van der Waals surface area contributed by atoms with E-state index in [4.69, 9.17) is 5.26 Å². The van der Waals surface area contributed by atoms with Gasteiger partial charge in [0.15, 0.2) is 15.5 Å². The van der Waals surface area contributed by atoms with Crippen LogP contribution in [0.15, 0.2) is 23.2 Å². The van der Waals surface area contributed by atoms with E-state index in [0.717, 1.165) is 0 Å². The number of nitrogens with zero attached hydrogens (tertiary/aromatic N) is 2. The highest BCUT2D eigenvalue weighted by molar-refractivity contribution is 7.92. The second-order valence-corrected chi connectivity index (χ2v) is 5.40. The van der Waals surface area contributed by atoms with Gasteiger partial charge >= 0.3 is 0 Å². The average molecular weight is 208 g/mol. The van der Waals surface area contributed by atoms with E-state index >= 15 is 0 Å². The highest BCUT2D eigenvalue weighted by Crippen LogP contribution is 2.34. The Bertz CT molecular complexity index is 498. The number of rotatable bonds is 2. The van der Waals surface area contributed by atoms with Crippen molar-refractivity contribution in [3.63, 3.8) is 0 Å². The minimum absolute atomic E-state index is 0.000556. The number of hydrogen-bond acceptors (Lipinski definition) is 4. The molecule has 1 aromatic heterocycles. The third kappa shape index (κ3) is 1.38. The molecule has 0 aliphatic heterocycles. The van der Waals surface area contributed by atoms with Gasteiger partial charge in [-0.2, -0.15) is 5.26 Å². The van der Waals surface area contributed by atoms with Gasteiger partial charge in [-0.15, -0.1) is 0 Å². The van der Waals surface area contributed by atoms with Gasteiger partial charge in [0.1, 0.15) is 11.0 Å². The van der Waals surface area contributed by atoms with Crippen LogP contribution in [0.2, 0.25) is 0 Å². The lowest BCUT2D eigenvalue weighted by Crippen LogP contribution is -2.09. The summed E-state index contributed by atoms with van der Waals surface area (Å²) in [6.07, 6.45) is 2.81. The van der Waals surface area contributed by atoms with E-state index < -0.39 is 9.84 Å². The molecule has 14 heavy (non-hydrogen) atoms. The molecule has 0 N–H and O–H groups in total. The van der Waals surface area contributed by atoms with Crippen molar-refractivity contribution in [1.82, 2.24) is 4.98 Å². The van der Waals surface area contributed by atoms with Crippen LogP contribution in [0.25, 0.3) is 0 Å². The second kappa shape index (κ2) is 3.07. The Balaban J connectivity index is 2.56. The van der Waals surface area contributed by atoms with Gasteiger partial charge in [-0.25, -0.2) is 13.4 Å². The van der Waals surface area contributed by atoms with Crippen LogP contribution in [0.3, 0.4) is 0 Å². The summed E-state index contributed by atoms with van der Waals surface area (Å²) in [5.41, 5.74) is -0.000556. The Morgan fingerprint density at radius 3 is 2.79 bits per heavy atom. The minimum atomic E-state index is -3.29. The molecule has 0 saturated heterocycles. The van der Waals surface area contributed by atoms with E-state index in [9.17, 15) is 8.42 Å². The molecule has 1 aromatic rings. The van der Waals surface area contributed by atoms with Crippen LogP contribution in [-0.2, 0) is 9.84 Å². The third-order valence-corrected chi connectivity index (χ3v) is 4.44. The SMILES string of the molecule is N#Cc1ncccc1S(=O)(=O)C1CC1. The molecule has 0 bridgehead atoms. The van der Waals surface area contributed by atoms with Crippen molar-refractivity contribution >= 4 is 9.84 Å². The maximum atomic E-state index is 11.8. The number of pyridine rings is 1. The number of hydrogen-bond donors (Lipinski definition) is 0. The molecule has 1 heterocycles. The first kappa shape index (κ1) is 9.16. The number of sulfone groups is 1. The van der Waals surface area contributed by atoms with Crippen molar-refractivity contribution < 1.29 is 8.42 Å². The third-order valence-electron chi connectivity index (χ3n) is 2.15. The molecule has 0 radical (unpaired) electrons. The van der Waals surface area contributed by atoms with Gasteiger partial charge in [0.05, 0.1) is 5.25 Å². The van der Waals surface area contributed by atoms with E-state index in [2.05, 4.69) is 4.98 Å². The smallest absolute Gasteiger partial charge is 0.184 e. The quantitative estimate of drug-likeness (QED) is 0.723. The lowest BCUT2D eigenvalue weighted by atomic mass is 10.4. The molecule has 1 saturated carbocycles. The molecule has 72 valence electrons. The Hall–Kier alpha value is -1.41. The summed E-state index contributed by atoms with van der Waals surface area (Å²) in [6, 6.07) is 4.78. The molecule has 0 amide bonds. The molecular formula is C9H8N2O2S. The molecule has 5 heteroatoms. The van der Waals surface area contributed by atoms with Crippen LogP contribution in [0.1, 0.15) is 18.5 Å². The molecular weight excluding hydrogens is 200 g/mol. The Morgan fingerprint density at radius 1 is 1.50 bits per heavy atom. The summed E-state index contributed by atoms with van der Waals surface area (Å²) < 4.78 is 23.6. The van der Waals surface area contributed by atoms with Gasteiger partial charge in [0.2, 0.25) is 0 Å². The van der Waals surface area contributed by atoms with Gasteiger partial charge in [-0.3, -0.25) is 0 Å². The van der Waals surface area contributed by atoms with Gasteiger partial charge < -0.3 is 0 Å². The fourth-order valence-electron chi connectivity index (χ4n) is 1.26. The topological polar surface area (TPSA) is 70.8 Å². The highest BCUT2D eigenvalue weighted by atomic mass is 32.2. The van der Waals surface area contributed by atoms with Gasteiger partial charge in [0, 0.05) is 6.20 Å². The highest BCUT2D eigenvalue weighted by Gasteiger charge is 2.38. The molecule has 0 atom stereocenters. The van der Waals surface area contributed by atoms with Crippen LogP contribution in [0.4, 0.5) is 0 Å². The van der Waals surface area contributed by atoms with Crippen LogP contribution >= 0.6 is 0 Å². The predicted octanol–water partition coefficient (Wildman–Crippen LogP) is 0.889. The summed E-state index contributed by atoms with van der Waals surface area (Å²) in [6.45, 7) is 0. The van der Waals surface area contributed by atoms with E-state index in [1.54, 1.807) is 6.07 Å². The zero-order chi connectivity index (χ0) is 10.2. The van der Waals surface area contributed by atoms with Crippen LogP contribution in [0, 0.1) is 11.3 Å². The van der Waals surface area contributed by atoms with Crippen LogP contribution < -0.4 is 0 Å². The minimum Gasteiger partial charge on any atom is -0.244 e. The van der Waals surface area contributed by atoms with Crippen LogP contribution in [-0.4, -0.2) is 18.7 Å². The largest absolute Gasteiger partial charge is 0.244 e. The van der Waals surface area contributed by atoms with Crippen molar-refractivity contribution in [3.05, 3.63) is 24.0 Å². The molecule has 0 unspecified atom stereocenters. The number of aromatic nitrogens is 1. The molecule has 0 spiro atoms. The van der Waals surface area contributed by atoms with Crippen molar-refractivity contribution in [2.24, 2.45) is 0 Å². The first-order chi connectivity index (χ1) is 6.66. The summed E-state index contributed by atoms with van der Waals surface area (Å²) in [5, 5.41) is 8.41. The molecule has 1 aliphatic rings. The normalized spacial score (nSPS) is 16.2. The van der Waals surface area contributed by atoms with Gasteiger partial charge in [-0.1, -0.05) is 0 Å². The first-order valence-corrected chi connectivity index (χ1v) is 5.80. The lowest BCUT2D eigenvalue weighted by molar-refractivity contribution is 0.594. The summed E-state index contributed by atoms with van der Waals surface area (Å²) in [5.74, 6) is 0. The second-order valence-electron chi connectivity index (χ2n) is 3.21. The van der Waals surface area contributed by atoms with Gasteiger partial charge in [-0.05, 0) is 25.0 Å². The van der Waals surface area contributed by atoms with Crippen molar-refractivity contribution in [2.75, 3.05) is 0 Å². The zero-order valence-corrected chi connectivity index (χ0v) is 8.16. The fraction of sp³-hybridized carbons (Fsp3) is 0.333. The Kier molecular flexibility index (Phi) is 2.01.